The molecule has 0 atom stereocenters. The predicted octanol–water partition coefficient (Wildman–Crippen LogP) is 4.77. The van der Waals surface area contributed by atoms with E-state index in [-0.39, 0.29) is 10.8 Å². The van der Waals surface area contributed by atoms with Crippen LogP contribution < -0.4 is 10.0 Å². The Morgan fingerprint density at radius 3 is 2.32 bits per heavy atom. The number of carbonyl (C=O) groups excluding carboxylic acids is 1. The van der Waals surface area contributed by atoms with Gasteiger partial charge in [0.1, 0.15) is 0 Å². The smallest absolute Gasteiger partial charge is 0.261 e. The average Bonchev–Trinajstić information content (AvgIpc) is 2.76. The van der Waals surface area contributed by atoms with Crippen LogP contribution in [0.15, 0.2) is 77.7 Å². The van der Waals surface area contributed by atoms with Crippen LogP contribution in [0.2, 0.25) is 0 Å². The van der Waals surface area contributed by atoms with E-state index in [1.54, 1.807) is 61.2 Å². The van der Waals surface area contributed by atoms with E-state index in [1.165, 1.54) is 5.56 Å². The zero-order valence-corrected chi connectivity index (χ0v) is 19.2. The molecule has 0 aliphatic rings. The van der Waals surface area contributed by atoms with Crippen molar-refractivity contribution >= 4 is 33.4 Å². The highest BCUT2D eigenvalue weighted by atomic mass is 32.2. The number of nitrogens with one attached hydrogen (secondary N) is 2. The molecule has 3 aromatic carbocycles. The molecule has 0 unspecified atom stereocenters. The van der Waals surface area contributed by atoms with E-state index >= 15 is 0 Å². The van der Waals surface area contributed by atoms with Crippen LogP contribution in [0.3, 0.4) is 0 Å². The Bertz CT molecular complexity index is 1130. The molecule has 31 heavy (non-hydrogen) atoms. The first-order valence-corrected chi connectivity index (χ1v) is 12.6. The van der Waals surface area contributed by atoms with E-state index in [4.69, 9.17) is 0 Å². The lowest BCUT2D eigenvalue weighted by molar-refractivity contribution is 0.0955. The molecule has 0 fully saturated rings. The van der Waals surface area contributed by atoms with E-state index in [0.717, 1.165) is 17.1 Å². The molecule has 7 heteroatoms. The number of rotatable bonds is 9. The Labute approximate surface area is 188 Å². The van der Waals surface area contributed by atoms with Gasteiger partial charge in [0.25, 0.3) is 15.9 Å². The maximum Gasteiger partial charge on any atom is 0.261 e. The maximum atomic E-state index is 12.7. The van der Waals surface area contributed by atoms with Crippen molar-refractivity contribution in [3.63, 3.8) is 0 Å². The van der Waals surface area contributed by atoms with Gasteiger partial charge in [-0.2, -0.15) is 11.8 Å². The lowest BCUT2D eigenvalue weighted by Gasteiger charge is -2.14. The molecule has 2 N–H and O–H groups in total. The summed E-state index contributed by atoms with van der Waals surface area (Å²) in [4.78, 5) is 12.8. The van der Waals surface area contributed by atoms with Crippen LogP contribution in [0.25, 0.3) is 0 Å². The molecule has 0 saturated carbocycles. The van der Waals surface area contributed by atoms with Crippen LogP contribution in [-0.2, 0) is 15.8 Å². The Morgan fingerprint density at radius 1 is 0.903 bits per heavy atom. The van der Waals surface area contributed by atoms with Gasteiger partial charge in [0.2, 0.25) is 0 Å². The largest absolute Gasteiger partial charge is 0.351 e. The molecule has 3 aromatic rings. The zero-order chi connectivity index (χ0) is 22.3. The molecule has 1 amide bonds. The fourth-order valence-corrected chi connectivity index (χ4v) is 4.95. The molecule has 5 nitrogen and oxygen atoms in total. The number of thioether (sulfide) groups is 1. The van der Waals surface area contributed by atoms with Crippen molar-refractivity contribution in [2.75, 3.05) is 17.0 Å². The number of sulfonamides is 1. The van der Waals surface area contributed by atoms with Crippen LogP contribution in [0.4, 0.5) is 5.69 Å². The molecule has 0 heterocycles. The van der Waals surface area contributed by atoms with Gasteiger partial charge in [-0.05, 0) is 49.2 Å². The van der Waals surface area contributed by atoms with E-state index in [9.17, 15) is 13.2 Å². The van der Waals surface area contributed by atoms with Crippen LogP contribution in [-0.4, -0.2) is 26.6 Å². The molecule has 0 aliphatic carbocycles. The van der Waals surface area contributed by atoms with Crippen LogP contribution >= 0.6 is 11.8 Å². The van der Waals surface area contributed by atoms with Gasteiger partial charge in [-0.3, -0.25) is 9.52 Å². The van der Waals surface area contributed by atoms with Gasteiger partial charge in [0.05, 0.1) is 10.6 Å². The quantitative estimate of drug-likeness (QED) is 0.457. The lowest BCUT2D eigenvalue weighted by Crippen LogP contribution is -2.27. The van der Waals surface area contributed by atoms with Gasteiger partial charge in [0.15, 0.2) is 0 Å². The molecular formula is C24H26N2O3S2. The van der Waals surface area contributed by atoms with Gasteiger partial charge in [-0.25, -0.2) is 8.42 Å². The normalized spacial score (nSPS) is 11.2. The first kappa shape index (κ1) is 22.9. The summed E-state index contributed by atoms with van der Waals surface area (Å²) in [6.45, 7) is 4.18. The molecule has 0 bridgehead atoms. The van der Waals surface area contributed by atoms with Crippen molar-refractivity contribution in [3.05, 3.63) is 95.1 Å². The number of anilines is 1. The summed E-state index contributed by atoms with van der Waals surface area (Å²) in [5.41, 5.74) is 3.68. The average molecular weight is 455 g/mol. The summed E-state index contributed by atoms with van der Waals surface area (Å²) in [6.07, 6.45) is 0. The Kier molecular flexibility index (Phi) is 7.76. The van der Waals surface area contributed by atoms with Gasteiger partial charge in [0, 0.05) is 23.6 Å². The highest BCUT2D eigenvalue weighted by molar-refractivity contribution is 7.98. The highest BCUT2D eigenvalue weighted by Crippen LogP contribution is 2.23. The van der Waals surface area contributed by atoms with Crippen molar-refractivity contribution in [1.82, 2.24) is 5.32 Å². The second-order valence-electron chi connectivity index (χ2n) is 7.19. The summed E-state index contributed by atoms with van der Waals surface area (Å²) < 4.78 is 28.0. The van der Waals surface area contributed by atoms with Crippen molar-refractivity contribution < 1.29 is 13.2 Å². The minimum Gasteiger partial charge on any atom is -0.351 e. The Balaban J connectivity index is 1.59. The first-order valence-electron chi connectivity index (χ1n) is 9.96. The Hall–Kier alpha value is -2.77. The first-order chi connectivity index (χ1) is 14.9. The van der Waals surface area contributed by atoms with Gasteiger partial charge in [-0.15, -0.1) is 0 Å². The summed E-state index contributed by atoms with van der Waals surface area (Å²) in [5, 5.41) is 2.92. The topological polar surface area (TPSA) is 75.3 Å². The van der Waals surface area contributed by atoms with E-state index in [0.29, 0.717) is 23.4 Å². The number of aryl methyl sites for hydroxylation is 1. The molecule has 0 aromatic heterocycles. The summed E-state index contributed by atoms with van der Waals surface area (Å²) in [7, 11) is -3.73. The number of hydrogen-bond acceptors (Lipinski definition) is 4. The van der Waals surface area contributed by atoms with Crippen LogP contribution in [0, 0.1) is 13.8 Å². The molecular weight excluding hydrogens is 428 g/mol. The fraction of sp³-hybridized carbons (Fsp3) is 0.208. The van der Waals surface area contributed by atoms with Gasteiger partial charge < -0.3 is 5.32 Å². The highest BCUT2D eigenvalue weighted by Gasteiger charge is 2.17. The van der Waals surface area contributed by atoms with Crippen molar-refractivity contribution in [3.8, 4) is 0 Å². The molecule has 3 rings (SSSR count). The standard InChI is InChI=1S/C24H26N2O3S2/c1-18-11-13-21(14-12-18)31(28,29)26-23-10-6-9-22(19(23)2)24(27)25-15-16-30-17-20-7-4-3-5-8-20/h3-14,26H,15-17H2,1-2H3,(H,25,27). The summed E-state index contributed by atoms with van der Waals surface area (Å²) >= 11 is 1.75. The lowest BCUT2D eigenvalue weighted by atomic mass is 10.1. The number of hydrogen-bond donors (Lipinski definition) is 2. The van der Waals surface area contributed by atoms with Crippen molar-refractivity contribution in [2.24, 2.45) is 0 Å². The molecule has 162 valence electrons. The maximum absolute atomic E-state index is 12.7. The van der Waals surface area contributed by atoms with Crippen LogP contribution in [0.5, 0.6) is 0 Å². The Morgan fingerprint density at radius 2 is 1.61 bits per heavy atom. The van der Waals surface area contributed by atoms with Gasteiger partial charge >= 0.3 is 0 Å². The number of carbonyl (C=O) groups is 1. The third kappa shape index (κ3) is 6.35. The fourth-order valence-electron chi connectivity index (χ4n) is 3.01. The minimum absolute atomic E-state index is 0.183. The number of amides is 1. The van der Waals surface area contributed by atoms with E-state index in [1.807, 2.05) is 25.1 Å². The second kappa shape index (κ2) is 10.5. The molecule has 0 spiro atoms. The third-order valence-electron chi connectivity index (χ3n) is 4.80. The van der Waals surface area contributed by atoms with E-state index in [2.05, 4.69) is 22.2 Å². The molecule has 0 aliphatic heterocycles. The monoisotopic (exact) mass is 454 g/mol. The summed E-state index contributed by atoms with van der Waals surface area (Å²) in [5.74, 6) is 1.47. The van der Waals surface area contributed by atoms with Crippen molar-refractivity contribution in [1.29, 1.82) is 0 Å². The molecule has 0 radical (unpaired) electrons. The zero-order valence-electron chi connectivity index (χ0n) is 17.6. The van der Waals surface area contributed by atoms with Crippen LogP contribution in [0.1, 0.15) is 27.0 Å². The number of benzene rings is 3. The summed E-state index contributed by atoms with van der Waals surface area (Å²) in [6, 6.07) is 21.9. The van der Waals surface area contributed by atoms with Gasteiger partial charge in [-0.1, -0.05) is 54.1 Å². The van der Waals surface area contributed by atoms with E-state index < -0.39 is 10.0 Å². The SMILES string of the molecule is Cc1ccc(S(=O)(=O)Nc2cccc(C(=O)NCCSCc3ccccc3)c2C)cc1. The second-order valence-corrected chi connectivity index (χ2v) is 9.98. The molecule has 0 saturated heterocycles. The minimum atomic E-state index is -3.73. The third-order valence-corrected chi connectivity index (χ3v) is 7.21. The van der Waals surface area contributed by atoms with Crippen molar-refractivity contribution in [2.45, 2.75) is 24.5 Å². The predicted molar refractivity (Wildman–Crippen MR) is 128 cm³/mol.